The van der Waals surface area contributed by atoms with Gasteiger partial charge in [-0.15, -0.1) is 0 Å². The van der Waals surface area contributed by atoms with Gasteiger partial charge in [-0.3, -0.25) is 0 Å². The van der Waals surface area contributed by atoms with Gasteiger partial charge in [-0.1, -0.05) is 0 Å². The Morgan fingerprint density at radius 3 is 1.73 bits per heavy atom. The Labute approximate surface area is 133 Å². The van der Waals surface area contributed by atoms with Gasteiger partial charge in [0.25, 0.3) is 0 Å². The maximum Gasteiger partial charge on any atom is 0.122 e. The van der Waals surface area contributed by atoms with Gasteiger partial charge in [0.1, 0.15) is 11.5 Å². The predicted molar refractivity (Wildman–Crippen MR) is 92.2 cm³/mol. The normalized spacial score (nSPS) is 11.0. The average molecular weight is 298 g/mol. The summed E-state index contributed by atoms with van der Waals surface area (Å²) >= 11 is 0. The zero-order chi connectivity index (χ0) is 16.8. The Bertz CT molecular complexity index is 726. The highest BCUT2D eigenvalue weighted by Crippen LogP contribution is 2.36. The first kappa shape index (κ1) is 16.4. The summed E-state index contributed by atoms with van der Waals surface area (Å²) in [5.41, 5.74) is 9.61. The van der Waals surface area contributed by atoms with Crippen LogP contribution in [0.2, 0.25) is 0 Å². The molecule has 2 N–H and O–H groups in total. The van der Waals surface area contributed by atoms with Crippen LogP contribution in [0, 0.1) is 48.5 Å². The van der Waals surface area contributed by atoms with Crippen LogP contribution >= 0.6 is 0 Å². The van der Waals surface area contributed by atoms with E-state index >= 15 is 0 Å². The molecule has 2 rings (SSSR count). The molecule has 0 aliphatic heterocycles. The lowest BCUT2D eigenvalue weighted by molar-refractivity contribution is 0.458. The number of phenols is 2. The highest BCUT2D eigenvalue weighted by atomic mass is 16.3. The van der Waals surface area contributed by atoms with Gasteiger partial charge in [0.2, 0.25) is 0 Å². The van der Waals surface area contributed by atoms with Crippen molar-refractivity contribution < 1.29 is 10.2 Å². The molecule has 118 valence electrons. The summed E-state index contributed by atoms with van der Waals surface area (Å²) in [6, 6.07) is 1.82. The van der Waals surface area contributed by atoms with Crippen LogP contribution in [0.1, 0.15) is 50.1 Å². The van der Waals surface area contributed by atoms with E-state index in [-0.39, 0.29) is 0 Å². The van der Waals surface area contributed by atoms with Gasteiger partial charge in [0, 0.05) is 17.5 Å². The van der Waals surface area contributed by atoms with Crippen LogP contribution in [0.3, 0.4) is 0 Å². The minimum atomic E-state index is 0.315. The molecular weight excluding hydrogens is 272 g/mol. The molecule has 0 saturated carbocycles. The molecule has 0 aliphatic carbocycles. The lowest BCUT2D eigenvalue weighted by atomic mass is 9.87. The number of rotatable bonds is 2. The summed E-state index contributed by atoms with van der Waals surface area (Å²) in [5.74, 6) is 0.674. The molecule has 2 aromatic carbocycles. The molecule has 0 unspecified atom stereocenters. The van der Waals surface area contributed by atoms with Crippen molar-refractivity contribution in [1.29, 1.82) is 0 Å². The second-order valence-corrected chi connectivity index (χ2v) is 6.45. The fraction of sp³-hybridized carbons (Fsp3) is 0.400. The van der Waals surface area contributed by atoms with Crippen molar-refractivity contribution in [3.8, 4) is 11.5 Å². The van der Waals surface area contributed by atoms with Gasteiger partial charge < -0.3 is 10.2 Å². The molecule has 2 nitrogen and oxygen atoms in total. The Morgan fingerprint density at radius 2 is 1.14 bits per heavy atom. The molecule has 0 aromatic heterocycles. The van der Waals surface area contributed by atoms with Crippen molar-refractivity contribution in [1.82, 2.24) is 0 Å². The van der Waals surface area contributed by atoms with Gasteiger partial charge in [-0.05, 0) is 93.5 Å². The summed E-state index contributed by atoms with van der Waals surface area (Å²) in [4.78, 5) is 0. The Balaban J connectivity index is 2.66. The maximum absolute atomic E-state index is 10.6. The minimum absolute atomic E-state index is 0.315. The molecule has 0 aliphatic rings. The summed E-state index contributed by atoms with van der Waals surface area (Å²) in [7, 11) is 0. The molecular formula is C20H26O2. The van der Waals surface area contributed by atoms with Crippen molar-refractivity contribution >= 4 is 0 Å². The zero-order valence-corrected chi connectivity index (χ0v) is 14.7. The van der Waals surface area contributed by atoms with E-state index < -0.39 is 0 Å². The Hall–Kier alpha value is -1.96. The largest absolute Gasteiger partial charge is 0.508 e. The second-order valence-electron chi connectivity index (χ2n) is 6.45. The third kappa shape index (κ3) is 2.47. The maximum atomic E-state index is 10.6. The molecule has 0 atom stereocenters. The average Bonchev–Trinajstić information content (AvgIpc) is 2.48. The summed E-state index contributed by atoms with van der Waals surface area (Å²) in [6.07, 6.45) is 0.554. The standard InChI is InChI=1S/C20H26O2/c1-10-8-19(21)17(14(5)11(10)2)9-18-15(6)12(3)13(4)16(7)20(18)22/h8,21-22H,9H2,1-7H3. The monoisotopic (exact) mass is 298 g/mol. The molecule has 2 heteroatoms. The van der Waals surface area contributed by atoms with Gasteiger partial charge in [0.15, 0.2) is 0 Å². The van der Waals surface area contributed by atoms with E-state index in [2.05, 4.69) is 13.8 Å². The highest BCUT2D eigenvalue weighted by molar-refractivity contribution is 5.57. The summed E-state index contributed by atoms with van der Waals surface area (Å²) in [5, 5.41) is 20.9. The Kier molecular flexibility index (Phi) is 4.23. The van der Waals surface area contributed by atoms with E-state index in [0.29, 0.717) is 17.9 Å². The van der Waals surface area contributed by atoms with Crippen LogP contribution in [0.25, 0.3) is 0 Å². The smallest absolute Gasteiger partial charge is 0.122 e. The van der Waals surface area contributed by atoms with E-state index in [9.17, 15) is 10.2 Å². The topological polar surface area (TPSA) is 40.5 Å². The number of benzene rings is 2. The molecule has 0 heterocycles. The Morgan fingerprint density at radius 1 is 0.636 bits per heavy atom. The van der Waals surface area contributed by atoms with E-state index in [1.54, 1.807) is 0 Å². The highest BCUT2D eigenvalue weighted by Gasteiger charge is 2.18. The van der Waals surface area contributed by atoms with Gasteiger partial charge >= 0.3 is 0 Å². The van der Waals surface area contributed by atoms with Crippen molar-refractivity contribution in [3.05, 3.63) is 56.1 Å². The van der Waals surface area contributed by atoms with Crippen LogP contribution in [0.15, 0.2) is 6.07 Å². The zero-order valence-electron chi connectivity index (χ0n) is 14.7. The lowest BCUT2D eigenvalue weighted by Gasteiger charge is -2.19. The van der Waals surface area contributed by atoms with Crippen LogP contribution < -0.4 is 0 Å². The lowest BCUT2D eigenvalue weighted by Crippen LogP contribution is -2.03. The van der Waals surface area contributed by atoms with Crippen molar-refractivity contribution in [3.63, 3.8) is 0 Å². The second kappa shape index (κ2) is 5.68. The van der Waals surface area contributed by atoms with E-state index in [4.69, 9.17) is 0 Å². The summed E-state index contributed by atoms with van der Waals surface area (Å²) < 4.78 is 0. The van der Waals surface area contributed by atoms with Crippen molar-refractivity contribution in [2.75, 3.05) is 0 Å². The summed E-state index contributed by atoms with van der Waals surface area (Å²) in [6.45, 7) is 14.3. The SMILES string of the molecule is Cc1cc(O)c(Cc2c(C)c(C)c(C)c(C)c2O)c(C)c1C. The minimum Gasteiger partial charge on any atom is -0.508 e. The third-order valence-electron chi connectivity index (χ3n) is 5.40. The number of aromatic hydroxyl groups is 2. The fourth-order valence-electron chi connectivity index (χ4n) is 3.10. The number of hydrogen-bond acceptors (Lipinski definition) is 2. The first-order valence-corrected chi connectivity index (χ1v) is 7.73. The van der Waals surface area contributed by atoms with E-state index in [1.807, 2.05) is 40.7 Å². The first-order valence-electron chi connectivity index (χ1n) is 7.73. The van der Waals surface area contributed by atoms with Crippen LogP contribution in [-0.4, -0.2) is 10.2 Å². The number of aryl methyl sites for hydroxylation is 1. The first-order chi connectivity index (χ1) is 10.2. The third-order valence-corrected chi connectivity index (χ3v) is 5.40. The molecule has 0 spiro atoms. The van der Waals surface area contributed by atoms with Gasteiger partial charge in [-0.2, -0.15) is 0 Å². The molecule has 0 fully saturated rings. The molecule has 0 amide bonds. The predicted octanol–water partition coefficient (Wildman–Crippen LogP) is 4.85. The van der Waals surface area contributed by atoms with Crippen LogP contribution in [0.4, 0.5) is 0 Å². The fourth-order valence-corrected chi connectivity index (χ4v) is 3.10. The van der Waals surface area contributed by atoms with E-state index in [0.717, 1.165) is 38.9 Å². The molecule has 2 aromatic rings. The molecule has 0 saturated heterocycles. The molecule has 22 heavy (non-hydrogen) atoms. The van der Waals surface area contributed by atoms with Crippen molar-refractivity contribution in [2.24, 2.45) is 0 Å². The molecule has 0 bridgehead atoms. The van der Waals surface area contributed by atoms with E-state index in [1.165, 1.54) is 11.1 Å². The molecule has 0 radical (unpaired) electrons. The van der Waals surface area contributed by atoms with Gasteiger partial charge in [0.05, 0.1) is 0 Å². The van der Waals surface area contributed by atoms with Crippen molar-refractivity contribution in [2.45, 2.75) is 54.9 Å². The number of hydrogen-bond donors (Lipinski definition) is 2. The number of phenolic OH excluding ortho intramolecular Hbond substituents is 2. The van der Waals surface area contributed by atoms with Gasteiger partial charge in [-0.25, -0.2) is 0 Å². The quantitative estimate of drug-likeness (QED) is 0.832. The van der Waals surface area contributed by atoms with Crippen LogP contribution in [0.5, 0.6) is 11.5 Å². The van der Waals surface area contributed by atoms with Crippen LogP contribution in [-0.2, 0) is 6.42 Å².